The third-order valence-corrected chi connectivity index (χ3v) is 7.16. The smallest absolute Gasteiger partial charge is 0.376 e. The fourth-order valence-corrected chi connectivity index (χ4v) is 4.76. The van der Waals surface area contributed by atoms with E-state index in [0.29, 0.717) is 22.2 Å². The maximum absolute atomic E-state index is 12.7. The minimum atomic E-state index is -5.81. The lowest BCUT2D eigenvalue weighted by Crippen LogP contribution is -2.28. The van der Waals surface area contributed by atoms with Crippen LogP contribution in [0.4, 0.5) is 13.2 Å². The van der Waals surface area contributed by atoms with Gasteiger partial charge in [0.15, 0.2) is 0 Å². The van der Waals surface area contributed by atoms with Crippen molar-refractivity contribution in [2.75, 3.05) is 0 Å². The molecule has 0 saturated carbocycles. The Labute approximate surface area is 204 Å². The predicted octanol–water partition coefficient (Wildman–Crippen LogP) is 6.60. The number of alkyl halides is 3. The standard InChI is InChI=1S/C25H17F3N2O3S2/c1-16-11-23(30-24-13-19(7-9-21(16)24)33-35(31,32)25(26,27)28)22-10-8-20(12-18(22)14-29)34-15-17-5-3-2-4-6-17/h2-13H,15H2,1H3. The van der Waals surface area contributed by atoms with Crippen molar-refractivity contribution in [1.82, 2.24) is 4.98 Å². The summed E-state index contributed by atoms with van der Waals surface area (Å²) >= 11 is 1.58. The van der Waals surface area contributed by atoms with Gasteiger partial charge in [-0.25, -0.2) is 4.98 Å². The minimum Gasteiger partial charge on any atom is -0.376 e. The number of nitriles is 1. The first-order valence-corrected chi connectivity index (χ1v) is 12.6. The van der Waals surface area contributed by atoms with E-state index < -0.39 is 21.4 Å². The molecule has 0 N–H and O–H groups in total. The van der Waals surface area contributed by atoms with Gasteiger partial charge in [-0.05, 0) is 48.4 Å². The summed E-state index contributed by atoms with van der Waals surface area (Å²) in [5.41, 5.74) is -2.03. The van der Waals surface area contributed by atoms with E-state index in [0.717, 1.165) is 33.9 Å². The Morgan fingerprint density at radius 3 is 2.46 bits per heavy atom. The summed E-state index contributed by atoms with van der Waals surface area (Å²) in [6.07, 6.45) is 0. The summed E-state index contributed by atoms with van der Waals surface area (Å²) in [5, 5.41) is 10.3. The molecule has 0 aliphatic rings. The van der Waals surface area contributed by atoms with Crippen LogP contribution in [0.3, 0.4) is 0 Å². The Morgan fingerprint density at radius 1 is 1.03 bits per heavy atom. The Morgan fingerprint density at radius 2 is 1.77 bits per heavy atom. The number of benzene rings is 3. The van der Waals surface area contributed by atoms with Gasteiger partial charge in [-0.15, -0.1) is 11.8 Å². The zero-order valence-corrected chi connectivity index (χ0v) is 19.8. The average molecular weight is 515 g/mol. The molecule has 0 fully saturated rings. The normalized spacial score (nSPS) is 11.9. The van der Waals surface area contributed by atoms with E-state index in [4.69, 9.17) is 0 Å². The van der Waals surface area contributed by atoms with Crippen LogP contribution in [0.15, 0.2) is 77.7 Å². The fourth-order valence-electron chi connectivity index (χ4n) is 3.42. The van der Waals surface area contributed by atoms with Crippen LogP contribution in [0.1, 0.15) is 16.7 Å². The molecule has 0 unspecified atom stereocenters. The van der Waals surface area contributed by atoms with Crippen LogP contribution in [0.5, 0.6) is 5.75 Å². The first-order chi connectivity index (χ1) is 16.6. The fraction of sp³-hybridized carbons (Fsp3) is 0.120. The number of aryl methyl sites for hydroxylation is 1. The van der Waals surface area contributed by atoms with Gasteiger partial charge >= 0.3 is 15.6 Å². The molecule has 0 bridgehead atoms. The molecule has 1 heterocycles. The maximum Gasteiger partial charge on any atom is 0.534 e. The summed E-state index contributed by atoms with van der Waals surface area (Å²) in [6, 6.07) is 23.0. The van der Waals surface area contributed by atoms with Crippen molar-refractivity contribution < 1.29 is 25.8 Å². The maximum atomic E-state index is 12.7. The molecule has 0 spiro atoms. The van der Waals surface area contributed by atoms with E-state index in [1.807, 2.05) is 36.4 Å². The van der Waals surface area contributed by atoms with Gasteiger partial charge in [-0.2, -0.15) is 26.9 Å². The number of pyridine rings is 1. The number of aromatic nitrogens is 1. The number of hydrogen-bond donors (Lipinski definition) is 0. The largest absolute Gasteiger partial charge is 0.534 e. The summed E-state index contributed by atoms with van der Waals surface area (Å²) in [7, 11) is -5.81. The minimum absolute atomic E-state index is 0.237. The number of rotatable bonds is 6. The molecular formula is C25H17F3N2O3S2. The number of hydrogen-bond acceptors (Lipinski definition) is 6. The molecule has 4 rings (SSSR count). The van der Waals surface area contributed by atoms with Crippen LogP contribution in [0, 0.1) is 18.3 Å². The Hall–Kier alpha value is -3.55. The molecule has 10 heteroatoms. The van der Waals surface area contributed by atoms with Gasteiger partial charge in [0.2, 0.25) is 0 Å². The lowest BCUT2D eigenvalue weighted by Gasteiger charge is -2.12. The summed E-state index contributed by atoms with van der Waals surface area (Å²) < 4.78 is 65.0. The quantitative estimate of drug-likeness (QED) is 0.164. The van der Waals surface area contributed by atoms with Crippen molar-refractivity contribution in [2.24, 2.45) is 0 Å². The molecule has 178 valence electrons. The second kappa shape index (κ2) is 9.60. The molecule has 0 atom stereocenters. The molecule has 1 aromatic heterocycles. The molecule has 0 radical (unpaired) electrons. The van der Waals surface area contributed by atoms with Crippen LogP contribution in [0.25, 0.3) is 22.2 Å². The molecule has 4 aromatic rings. The summed E-state index contributed by atoms with van der Waals surface area (Å²) in [4.78, 5) is 5.38. The van der Waals surface area contributed by atoms with Gasteiger partial charge in [0.05, 0.1) is 22.8 Å². The molecule has 0 saturated heterocycles. The van der Waals surface area contributed by atoms with Gasteiger partial charge < -0.3 is 4.18 Å². The first-order valence-electron chi connectivity index (χ1n) is 10.2. The van der Waals surface area contributed by atoms with Crippen molar-refractivity contribution >= 4 is 32.8 Å². The lowest BCUT2D eigenvalue weighted by molar-refractivity contribution is -0.0500. The molecular weight excluding hydrogens is 497 g/mol. The summed E-state index contributed by atoms with van der Waals surface area (Å²) in [6.45, 7) is 1.79. The van der Waals surface area contributed by atoms with E-state index >= 15 is 0 Å². The number of thioether (sulfide) groups is 1. The highest BCUT2D eigenvalue weighted by Crippen LogP contribution is 2.33. The van der Waals surface area contributed by atoms with Crippen molar-refractivity contribution in [3.05, 3.63) is 89.5 Å². The Balaban J connectivity index is 1.67. The molecule has 5 nitrogen and oxygen atoms in total. The second-order valence-corrected chi connectivity index (χ2v) is 10.2. The van der Waals surface area contributed by atoms with Gasteiger partial charge in [0.25, 0.3) is 0 Å². The molecule has 0 aliphatic heterocycles. The Bertz CT molecular complexity index is 1550. The van der Waals surface area contributed by atoms with Crippen LogP contribution in [-0.2, 0) is 15.9 Å². The topological polar surface area (TPSA) is 80.0 Å². The van der Waals surface area contributed by atoms with Gasteiger partial charge in [0.1, 0.15) is 5.75 Å². The molecule has 0 aliphatic carbocycles. The third kappa shape index (κ3) is 5.42. The number of nitrogens with zero attached hydrogens (tertiary/aromatic N) is 2. The zero-order valence-electron chi connectivity index (χ0n) is 18.2. The van der Waals surface area contributed by atoms with E-state index in [-0.39, 0.29) is 5.52 Å². The highest BCUT2D eigenvalue weighted by Gasteiger charge is 2.48. The first kappa shape index (κ1) is 24.6. The SMILES string of the molecule is Cc1cc(-c2ccc(SCc3ccccc3)cc2C#N)nc2cc(OS(=O)(=O)C(F)(F)F)ccc12. The van der Waals surface area contributed by atoms with Crippen molar-refractivity contribution in [3.63, 3.8) is 0 Å². The van der Waals surface area contributed by atoms with E-state index in [1.165, 1.54) is 6.07 Å². The number of fused-ring (bicyclic) bond motifs is 1. The van der Waals surface area contributed by atoms with Crippen LogP contribution in [0.2, 0.25) is 0 Å². The van der Waals surface area contributed by atoms with Gasteiger partial charge in [-0.3, -0.25) is 0 Å². The molecule has 35 heavy (non-hydrogen) atoms. The van der Waals surface area contributed by atoms with E-state index in [2.05, 4.69) is 15.2 Å². The molecule has 3 aromatic carbocycles. The Kier molecular flexibility index (Phi) is 6.74. The van der Waals surface area contributed by atoms with Crippen LogP contribution in [-0.4, -0.2) is 18.9 Å². The third-order valence-electron chi connectivity index (χ3n) is 5.11. The van der Waals surface area contributed by atoms with Crippen LogP contribution < -0.4 is 4.18 Å². The number of halogens is 3. The van der Waals surface area contributed by atoms with Crippen molar-refractivity contribution in [3.8, 4) is 23.1 Å². The molecule has 0 amide bonds. The van der Waals surface area contributed by atoms with Crippen LogP contribution >= 0.6 is 11.8 Å². The van der Waals surface area contributed by atoms with E-state index in [1.54, 1.807) is 36.9 Å². The van der Waals surface area contributed by atoms with Crippen molar-refractivity contribution in [2.45, 2.75) is 23.1 Å². The van der Waals surface area contributed by atoms with Gasteiger partial charge in [-0.1, -0.05) is 36.4 Å². The highest BCUT2D eigenvalue weighted by molar-refractivity contribution is 7.98. The monoisotopic (exact) mass is 514 g/mol. The lowest BCUT2D eigenvalue weighted by atomic mass is 10.0. The second-order valence-electron chi connectivity index (χ2n) is 7.58. The predicted molar refractivity (Wildman–Crippen MR) is 128 cm³/mol. The summed E-state index contributed by atoms with van der Waals surface area (Å²) in [5.74, 6) is 0.231. The average Bonchev–Trinajstić information content (AvgIpc) is 2.82. The highest BCUT2D eigenvalue weighted by atomic mass is 32.2. The van der Waals surface area contributed by atoms with Crippen molar-refractivity contribution in [1.29, 1.82) is 5.26 Å². The zero-order chi connectivity index (χ0) is 25.2. The van der Waals surface area contributed by atoms with E-state index in [9.17, 15) is 26.9 Å². The van der Waals surface area contributed by atoms with Gasteiger partial charge in [0, 0.05) is 27.7 Å².